The van der Waals surface area contributed by atoms with E-state index in [4.69, 9.17) is 0 Å². The summed E-state index contributed by atoms with van der Waals surface area (Å²) < 4.78 is 39.3. The molecule has 1 atom stereocenters. The van der Waals surface area contributed by atoms with E-state index in [1.807, 2.05) is 31.2 Å². The van der Waals surface area contributed by atoms with Gasteiger partial charge in [-0.2, -0.15) is 13.9 Å². The van der Waals surface area contributed by atoms with Crippen LogP contribution in [0.4, 0.5) is 13.2 Å². The highest BCUT2D eigenvalue weighted by atomic mass is 19.3. The van der Waals surface area contributed by atoms with Crippen LogP contribution in [0.15, 0.2) is 66.5 Å². The molecule has 0 radical (unpaired) electrons. The molecule has 3 aromatic rings. The van der Waals surface area contributed by atoms with E-state index in [1.54, 1.807) is 12.1 Å². The van der Waals surface area contributed by atoms with E-state index in [-0.39, 0.29) is 17.4 Å². The Hall–Kier alpha value is -3.39. The number of alkyl halides is 2. The number of hydrogen-bond donors (Lipinski definition) is 2. The Balaban J connectivity index is 1.54. The number of rotatable bonds is 6. The lowest BCUT2D eigenvalue weighted by Crippen LogP contribution is -2.26. The first kappa shape index (κ1) is 22.8. The molecule has 5 nitrogen and oxygen atoms in total. The molecule has 1 aliphatic heterocycles. The molecule has 0 aliphatic carbocycles. The normalized spacial score (nSPS) is 14.9. The van der Waals surface area contributed by atoms with Gasteiger partial charge in [-0.15, -0.1) is 0 Å². The first-order valence-electron chi connectivity index (χ1n) is 10.8. The Morgan fingerprint density at radius 2 is 1.61 bits per heavy atom. The molecule has 4 rings (SSSR count). The number of piperidine rings is 1. The Bertz CT molecular complexity index is 1130. The van der Waals surface area contributed by atoms with Crippen molar-refractivity contribution in [3.05, 3.63) is 94.6 Å². The number of carbonyl (C=O) groups is 1. The van der Waals surface area contributed by atoms with Gasteiger partial charge >= 0.3 is 6.55 Å². The zero-order valence-electron chi connectivity index (χ0n) is 18.2. The van der Waals surface area contributed by atoms with Gasteiger partial charge in [0.15, 0.2) is 0 Å². The van der Waals surface area contributed by atoms with Crippen molar-refractivity contribution >= 4 is 11.5 Å². The van der Waals surface area contributed by atoms with Crippen LogP contribution in [0.5, 0.6) is 0 Å². The van der Waals surface area contributed by atoms with Gasteiger partial charge in [-0.25, -0.2) is 9.07 Å². The van der Waals surface area contributed by atoms with Gasteiger partial charge in [0.05, 0.1) is 17.8 Å². The summed E-state index contributed by atoms with van der Waals surface area (Å²) in [5, 5.41) is 9.68. The molecule has 172 valence electrons. The van der Waals surface area contributed by atoms with Gasteiger partial charge in [-0.1, -0.05) is 42.0 Å². The number of amides is 1. The lowest BCUT2D eigenvalue weighted by Gasteiger charge is -2.22. The maximum absolute atomic E-state index is 13.5. The number of benzene rings is 2. The van der Waals surface area contributed by atoms with E-state index in [1.165, 1.54) is 17.7 Å². The molecular weight excluding hydrogens is 429 g/mol. The van der Waals surface area contributed by atoms with Crippen molar-refractivity contribution in [3.8, 4) is 0 Å². The van der Waals surface area contributed by atoms with Crippen LogP contribution in [0.3, 0.4) is 0 Å². The molecule has 1 aliphatic rings. The molecule has 0 saturated carbocycles. The topological polar surface area (TPSA) is 59.0 Å². The van der Waals surface area contributed by atoms with Crippen LogP contribution >= 0.6 is 0 Å². The standard InChI is InChI=1S/C25H25F3N4O/c1-16(31-24(33)21-14-30-32(15-21)25(27)28)17-2-4-18(5-3-17)23(20-10-12-29-13-11-20)19-6-8-22(26)9-7-19/h2-9,14-16,25,29H,10-13H2,1H3,(H,31,33)/t16-/m1/s1. The highest BCUT2D eigenvalue weighted by Gasteiger charge is 2.18. The van der Waals surface area contributed by atoms with Gasteiger partial charge < -0.3 is 10.6 Å². The summed E-state index contributed by atoms with van der Waals surface area (Å²) in [6.07, 6.45) is 3.99. The molecule has 0 spiro atoms. The monoisotopic (exact) mass is 454 g/mol. The van der Waals surface area contributed by atoms with Crippen LogP contribution in [0.25, 0.3) is 5.57 Å². The predicted molar refractivity (Wildman–Crippen MR) is 120 cm³/mol. The predicted octanol–water partition coefficient (Wildman–Crippen LogP) is 5.09. The zero-order chi connectivity index (χ0) is 23.4. The van der Waals surface area contributed by atoms with Crippen LogP contribution in [0.1, 0.15) is 59.4 Å². The van der Waals surface area contributed by atoms with Crippen molar-refractivity contribution in [2.75, 3.05) is 13.1 Å². The fraction of sp³-hybridized carbons (Fsp3) is 0.280. The highest BCUT2D eigenvalue weighted by Crippen LogP contribution is 2.32. The molecule has 2 aromatic carbocycles. The van der Waals surface area contributed by atoms with Crippen molar-refractivity contribution < 1.29 is 18.0 Å². The Morgan fingerprint density at radius 1 is 1.00 bits per heavy atom. The van der Waals surface area contributed by atoms with Gasteiger partial charge in [0.2, 0.25) is 0 Å². The summed E-state index contributed by atoms with van der Waals surface area (Å²) in [4.78, 5) is 12.4. The molecule has 1 fully saturated rings. The van der Waals surface area contributed by atoms with Crippen LogP contribution in [-0.4, -0.2) is 28.8 Å². The molecule has 0 unspecified atom stereocenters. The Labute approximate surface area is 190 Å². The number of hydrogen-bond acceptors (Lipinski definition) is 3. The van der Waals surface area contributed by atoms with Gasteiger partial charge in [-0.3, -0.25) is 4.79 Å². The van der Waals surface area contributed by atoms with Gasteiger partial charge in [0, 0.05) is 6.20 Å². The average Bonchev–Trinajstić information content (AvgIpc) is 3.33. The minimum absolute atomic E-state index is 0.0769. The molecule has 2 heterocycles. The van der Waals surface area contributed by atoms with Crippen LogP contribution < -0.4 is 10.6 Å². The molecular formula is C25H25F3N4O. The number of halogens is 3. The average molecular weight is 454 g/mol. The third kappa shape index (κ3) is 5.34. The second-order valence-corrected chi connectivity index (χ2v) is 8.04. The zero-order valence-corrected chi connectivity index (χ0v) is 18.2. The van der Waals surface area contributed by atoms with E-state index in [0.29, 0.717) is 4.68 Å². The summed E-state index contributed by atoms with van der Waals surface area (Å²) >= 11 is 0. The molecule has 33 heavy (non-hydrogen) atoms. The maximum Gasteiger partial charge on any atom is 0.333 e. The number of aromatic nitrogens is 2. The van der Waals surface area contributed by atoms with Crippen molar-refractivity contribution in [3.63, 3.8) is 0 Å². The summed E-state index contributed by atoms with van der Waals surface area (Å²) in [6, 6.07) is 14.1. The second-order valence-electron chi connectivity index (χ2n) is 8.04. The van der Waals surface area contributed by atoms with E-state index in [0.717, 1.165) is 60.6 Å². The second kappa shape index (κ2) is 10.0. The Kier molecular flexibility index (Phi) is 6.93. The number of nitrogens with zero attached hydrogens (tertiary/aromatic N) is 2. The van der Waals surface area contributed by atoms with Crippen LogP contribution in [0.2, 0.25) is 0 Å². The van der Waals surface area contributed by atoms with E-state index in [2.05, 4.69) is 15.7 Å². The van der Waals surface area contributed by atoms with Crippen LogP contribution in [0, 0.1) is 5.82 Å². The molecule has 0 bridgehead atoms. The summed E-state index contributed by atoms with van der Waals surface area (Å²) in [6.45, 7) is 0.851. The molecule has 8 heteroatoms. The van der Waals surface area contributed by atoms with E-state index >= 15 is 0 Å². The SMILES string of the molecule is C[C@@H](NC(=O)c1cnn(C(F)F)c1)c1ccc(C(=C2CCNCC2)c2ccc(F)cc2)cc1. The first-order valence-corrected chi connectivity index (χ1v) is 10.8. The number of nitrogens with one attached hydrogen (secondary N) is 2. The third-order valence-corrected chi connectivity index (χ3v) is 5.80. The van der Waals surface area contributed by atoms with Gasteiger partial charge in [-0.05, 0) is 67.3 Å². The molecule has 2 N–H and O–H groups in total. The summed E-state index contributed by atoms with van der Waals surface area (Å²) in [5.74, 6) is -0.741. The quantitative estimate of drug-likeness (QED) is 0.545. The number of carbonyl (C=O) groups excluding carboxylic acids is 1. The molecule has 1 aromatic heterocycles. The lowest BCUT2D eigenvalue weighted by molar-refractivity contribution is 0.0565. The van der Waals surface area contributed by atoms with Crippen molar-refractivity contribution in [2.24, 2.45) is 0 Å². The fourth-order valence-corrected chi connectivity index (χ4v) is 4.03. The van der Waals surface area contributed by atoms with Crippen LogP contribution in [-0.2, 0) is 0 Å². The summed E-state index contributed by atoms with van der Waals surface area (Å²) in [5.41, 5.74) is 5.39. The first-order chi connectivity index (χ1) is 15.9. The summed E-state index contributed by atoms with van der Waals surface area (Å²) in [7, 11) is 0. The highest BCUT2D eigenvalue weighted by molar-refractivity contribution is 5.94. The minimum atomic E-state index is -2.79. The molecule has 1 saturated heterocycles. The smallest absolute Gasteiger partial charge is 0.333 e. The van der Waals surface area contributed by atoms with Crippen molar-refractivity contribution in [1.82, 2.24) is 20.4 Å². The largest absolute Gasteiger partial charge is 0.345 e. The van der Waals surface area contributed by atoms with Gasteiger partial charge in [0.1, 0.15) is 5.82 Å². The van der Waals surface area contributed by atoms with Crippen molar-refractivity contribution in [2.45, 2.75) is 32.4 Å². The minimum Gasteiger partial charge on any atom is -0.345 e. The Morgan fingerprint density at radius 3 is 2.18 bits per heavy atom. The fourth-order valence-electron chi connectivity index (χ4n) is 4.03. The van der Waals surface area contributed by atoms with E-state index < -0.39 is 12.5 Å². The van der Waals surface area contributed by atoms with Gasteiger partial charge in [0.25, 0.3) is 5.91 Å². The maximum atomic E-state index is 13.5. The van der Waals surface area contributed by atoms with Crippen molar-refractivity contribution in [1.29, 1.82) is 0 Å². The third-order valence-electron chi connectivity index (χ3n) is 5.80. The molecule has 1 amide bonds. The van der Waals surface area contributed by atoms with E-state index in [9.17, 15) is 18.0 Å². The lowest BCUT2D eigenvalue weighted by atomic mass is 9.88.